The Kier molecular flexibility index (Phi) is 5.99. The van der Waals surface area contributed by atoms with Gasteiger partial charge in [-0.25, -0.2) is 4.98 Å². The highest BCUT2D eigenvalue weighted by Crippen LogP contribution is 2.25. The highest BCUT2D eigenvalue weighted by Gasteiger charge is 2.03. The van der Waals surface area contributed by atoms with Crippen molar-refractivity contribution >= 4 is 27.5 Å². The third kappa shape index (κ3) is 5.01. The van der Waals surface area contributed by atoms with Crippen LogP contribution in [0.5, 0.6) is 5.75 Å². The van der Waals surface area contributed by atoms with Crippen LogP contribution in [0.15, 0.2) is 18.2 Å². The van der Waals surface area contributed by atoms with Gasteiger partial charge < -0.3 is 9.47 Å². The smallest absolute Gasteiger partial charge is 0.305 e. The Morgan fingerprint density at radius 1 is 1.29 bits per heavy atom. The summed E-state index contributed by atoms with van der Waals surface area (Å²) in [5.74, 6) is 0.751. The molecule has 0 atom stereocenters. The number of esters is 1. The maximum Gasteiger partial charge on any atom is 0.305 e. The van der Waals surface area contributed by atoms with Crippen LogP contribution >= 0.6 is 11.3 Å². The van der Waals surface area contributed by atoms with Gasteiger partial charge in [-0.2, -0.15) is 0 Å². The van der Waals surface area contributed by atoms with Crippen LogP contribution in [0.3, 0.4) is 0 Å². The maximum atomic E-state index is 11.2. The second kappa shape index (κ2) is 7.98. The molecule has 0 aliphatic heterocycles. The van der Waals surface area contributed by atoms with Crippen molar-refractivity contribution in [2.75, 3.05) is 13.2 Å². The third-order valence-electron chi connectivity index (χ3n) is 3.07. The first-order chi connectivity index (χ1) is 10.2. The van der Waals surface area contributed by atoms with Gasteiger partial charge in [-0.05, 0) is 45.2 Å². The summed E-state index contributed by atoms with van der Waals surface area (Å²) in [4.78, 5) is 15.6. The van der Waals surface area contributed by atoms with Gasteiger partial charge in [0.2, 0.25) is 0 Å². The molecule has 0 aliphatic rings. The summed E-state index contributed by atoms with van der Waals surface area (Å²) in [7, 11) is 0. The number of aryl methyl sites for hydroxylation is 1. The lowest BCUT2D eigenvalue weighted by molar-refractivity contribution is -0.143. The van der Waals surface area contributed by atoms with E-state index in [-0.39, 0.29) is 5.97 Å². The Morgan fingerprint density at radius 3 is 2.95 bits per heavy atom. The molecule has 2 aromatic rings. The number of thiazole rings is 1. The zero-order valence-corrected chi connectivity index (χ0v) is 13.4. The topological polar surface area (TPSA) is 48.4 Å². The van der Waals surface area contributed by atoms with Gasteiger partial charge in [0.1, 0.15) is 5.75 Å². The van der Waals surface area contributed by atoms with Crippen molar-refractivity contribution in [3.8, 4) is 5.75 Å². The second-order valence-electron chi connectivity index (χ2n) is 4.83. The Labute approximate surface area is 129 Å². The molecule has 5 heteroatoms. The third-order valence-corrected chi connectivity index (χ3v) is 4.02. The summed E-state index contributed by atoms with van der Waals surface area (Å²) >= 11 is 1.69. The number of carbonyl (C=O) groups excluding carboxylic acids is 1. The summed E-state index contributed by atoms with van der Waals surface area (Å²) < 4.78 is 11.8. The van der Waals surface area contributed by atoms with Gasteiger partial charge in [0.25, 0.3) is 0 Å². The number of benzene rings is 1. The molecule has 0 saturated heterocycles. The van der Waals surface area contributed by atoms with Gasteiger partial charge in [-0.15, -0.1) is 11.3 Å². The van der Waals surface area contributed by atoms with E-state index in [2.05, 4.69) is 11.1 Å². The molecular formula is C16H21NO3S. The van der Waals surface area contributed by atoms with Crippen molar-refractivity contribution in [2.45, 2.75) is 39.5 Å². The molecule has 0 unspecified atom stereocenters. The first kappa shape index (κ1) is 15.8. The fraction of sp³-hybridized carbons (Fsp3) is 0.500. The number of hydrogen-bond acceptors (Lipinski definition) is 5. The monoisotopic (exact) mass is 307 g/mol. The number of aromatic nitrogens is 1. The number of fused-ring (bicyclic) bond motifs is 1. The van der Waals surface area contributed by atoms with E-state index in [1.54, 1.807) is 11.3 Å². The lowest BCUT2D eigenvalue weighted by atomic mass is 10.2. The number of nitrogens with zero attached hydrogens (tertiary/aromatic N) is 1. The van der Waals surface area contributed by atoms with Gasteiger partial charge >= 0.3 is 5.97 Å². The Bertz CT molecular complexity index is 594. The molecule has 0 fully saturated rings. The number of unbranched alkanes of at least 4 members (excludes halogenated alkanes) is 2. The molecule has 1 aromatic carbocycles. The minimum atomic E-state index is -0.109. The average Bonchev–Trinajstić information content (AvgIpc) is 2.82. The van der Waals surface area contributed by atoms with E-state index in [1.165, 1.54) is 4.70 Å². The largest absolute Gasteiger partial charge is 0.494 e. The van der Waals surface area contributed by atoms with E-state index in [9.17, 15) is 4.79 Å². The van der Waals surface area contributed by atoms with Crippen molar-refractivity contribution in [1.82, 2.24) is 4.98 Å². The highest BCUT2D eigenvalue weighted by molar-refractivity contribution is 7.18. The average molecular weight is 307 g/mol. The van der Waals surface area contributed by atoms with E-state index in [4.69, 9.17) is 9.47 Å². The predicted octanol–water partition coefficient (Wildman–Crippen LogP) is 4.11. The van der Waals surface area contributed by atoms with E-state index < -0.39 is 0 Å². The van der Waals surface area contributed by atoms with Crippen LogP contribution in [0.4, 0.5) is 0 Å². The lowest BCUT2D eigenvalue weighted by Crippen LogP contribution is -2.04. The zero-order valence-electron chi connectivity index (χ0n) is 12.6. The fourth-order valence-corrected chi connectivity index (χ4v) is 2.89. The zero-order chi connectivity index (χ0) is 15.1. The van der Waals surface area contributed by atoms with Crippen LogP contribution < -0.4 is 4.74 Å². The van der Waals surface area contributed by atoms with Crippen LogP contribution in [0.25, 0.3) is 10.2 Å². The van der Waals surface area contributed by atoms with Crippen LogP contribution in [0.2, 0.25) is 0 Å². The van der Waals surface area contributed by atoms with E-state index in [0.717, 1.165) is 35.5 Å². The molecule has 0 N–H and O–H groups in total. The number of rotatable bonds is 8. The molecule has 114 valence electrons. The molecule has 0 aliphatic carbocycles. The number of carbonyl (C=O) groups is 1. The van der Waals surface area contributed by atoms with Crippen LogP contribution in [-0.4, -0.2) is 24.2 Å². The lowest BCUT2D eigenvalue weighted by Gasteiger charge is -2.06. The Hall–Kier alpha value is -1.62. The summed E-state index contributed by atoms with van der Waals surface area (Å²) in [5.41, 5.74) is 0.998. The molecule has 4 nitrogen and oxygen atoms in total. The van der Waals surface area contributed by atoms with Crippen molar-refractivity contribution in [3.63, 3.8) is 0 Å². The van der Waals surface area contributed by atoms with Gasteiger partial charge in [-0.1, -0.05) is 0 Å². The van der Waals surface area contributed by atoms with Crippen LogP contribution in [0, 0.1) is 6.92 Å². The first-order valence-corrected chi connectivity index (χ1v) is 8.16. The number of ether oxygens (including phenoxy) is 2. The van der Waals surface area contributed by atoms with Crippen molar-refractivity contribution in [3.05, 3.63) is 23.2 Å². The Morgan fingerprint density at radius 2 is 2.14 bits per heavy atom. The molecule has 1 aromatic heterocycles. The minimum absolute atomic E-state index is 0.109. The highest BCUT2D eigenvalue weighted by atomic mass is 32.1. The molecule has 21 heavy (non-hydrogen) atoms. The first-order valence-electron chi connectivity index (χ1n) is 7.34. The molecular weight excluding hydrogens is 286 g/mol. The molecule has 0 radical (unpaired) electrons. The van der Waals surface area contributed by atoms with Gasteiger partial charge in [0.05, 0.1) is 28.4 Å². The van der Waals surface area contributed by atoms with E-state index in [0.29, 0.717) is 19.6 Å². The van der Waals surface area contributed by atoms with Crippen molar-refractivity contribution in [2.24, 2.45) is 0 Å². The van der Waals surface area contributed by atoms with Crippen molar-refractivity contribution < 1.29 is 14.3 Å². The van der Waals surface area contributed by atoms with Gasteiger partial charge in [0, 0.05) is 12.5 Å². The van der Waals surface area contributed by atoms with Crippen molar-refractivity contribution in [1.29, 1.82) is 0 Å². The fourth-order valence-electron chi connectivity index (χ4n) is 2.08. The predicted molar refractivity (Wildman–Crippen MR) is 85.0 cm³/mol. The molecule has 0 amide bonds. The normalized spacial score (nSPS) is 10.8. The standard InChI is InChI=1S/C16H21NO3S/c1-3-19-16(18)7-5-4-6-10-20-13-8-9-15-14(11-13)17-12(2)21-15/h8-9,11H,3-7,10H2,1-2H3. The van der Waals surface area contributed by atoms with E-state index >= 15 is 0 Å². The van der Waals surface area contributed by atoms with E-state index in [1.807, 2.05) is 26.0 Å². The minimum Gasteiger partial charge on any atom is -0.494 e. The quantitative estimate of drug-likeness (QED) is 0.544. The summed E-state index contributed by atoms with van der Waals surface area (Å²) in [5, 5.41) is 1.07. The molecule has 0 bridgehead atoms. The molecule has 2 rings (SSSR count). The maximum absolute atomic E-state index is 11.2. The summed E-state index contributed by atoms with van der Waals surface area (Å²) in [6.45, 7) is 4.96. The molecule has 0 saturated carbocycles. The summed E-state index contributed by atoms with van der Waals surface area (Å²) in [6, 6.07) is 6.02. The summed E-state index contributed by atoms with van der Waals surface area (Å²) in [6.07, 6.45) is 3.26. The van der Waals surface area contributed by atoms with Gasteiger partial charge in [0.15, 0.2) is 0 Å². The van der Waals surface area contributed by atoms with Crippen LogP contribution in [-0.2, 0) is 9.53 Å². The second-order valence-corrected chi connectivity index (χ2v) is 6.06. The number of hydrogen-bond donors (Lipinski definition) is 0. The van der Waals surface area contributed by atoms with Gasteiger partial charge in [-0.3, -0.25) is 4.79 Å². The van der Waals surface area contributed by atoms with Crippen LogP contribution in [0.1, 0.15) is 37.6 Å². The SMILES string of the molecule is CCOC(=O)CCCCCOc1ccc2sc(C)nc2c1. The molecule has 0 spiro atoms. The molecule has 1 heterocycles. The Balaban J connectivity index is 1.67.